The molecule has 4 rings (SSSR count). The third-order valence-electron chi connectivity index (χ3n) is 5.68. The number of hydrogen-bond donors (Lipinski definition) is 0. The summed E-state index contributed by atoms with van der Waals surface area (Å²) in [6, 6.07) is 13.9. The average Bonchev–Trinajstić information content (AvgIpc) is 3.02. The van der Waals surface area contributed by atoms with Crippen molar-refractivity contribution < 1.29 is 14.0 Å². The quantitative estimate of drug-likeness (QED) is 0.764. The predicted molar refractivity (Wildman–Crippen MR) is 107 cm³/mol. The predicted octanol–water partition coefficient (Wildman–Crippen LogP) is 2.84. The van der Waals surface area contributed by atoms with E-state index in [1.54, 1.807) is 12.1 Å². The fourth-order valence-corrected chi connectivity index (χ4v) is 4.16. The Morgan fingerprint density at radius 1 is 0.929 bits per heavy atom. The van der Waals surface area contributed by atoms with E-state index in [4.69, 9.17) is 0 Å². The fourth-order valence-electron chi connectivity index (χ4n) is 4.16. The summed E-state index contributed by atoms with van der Waals surface area (Å²) in [7, 11) is 0. The summed E-state index contributed by atoms with van der Waals surface area (Å²) in [5.41, 5.74) is 2.29. The molecule has 5 nitrogen and oxygen atoms in total. The van der Waals surface area contributed by atoms with Gasteiger partial charge in [0.05, 0.1) is 23.8 Å². The Bertz CT molecular complexity index is 893. The number of amides is 2. The van der Waals surface area contributed by atoms with Gasteiger partial charge in [0.1, 0.15) is 5.82 Å². The van der Waals surface area contributed by atoms with Gasteiger partial charge in [-0.1, -0.05) is 37.3 Å². The number of hydrogen-bond acceptors (Lipinski definition) is 4. The lowest BCUT2D eigenvalue weighted by Crippen LogP contribution is -2.52. The van der Waals surface area contributed by atoms with Crippen LogP contribution >= 0.6 is 0 Å². The molecule has 2 saturated heterocycles. The number of nitrogens with zero attached hydrogens (tertiary/aromatic N) is 3. The van der Waals surface area contributed by atoms with Gasteiger partial charge in [0.15, 0.2) is 0 Å². The van der Waals surface area contributed by atoms with Gasteiger partial charge >= 0.3 is 0 Å². The number of aryl methyl sites for hydroxylation is 1. The van der Waals surface area contributed by atoms with E-state index in [0.717, 1.165) is 12.0 Å². The molecule has 2 aliphatic rings. The van der Waals surface area contributed by atoms with E-state index < -0.39 is 6.04 Å². The minimum absolute atomic E-state index is 0.146. The lowest BCUT2D eigenvalue weighted by atomic mass is 10.1. The second-order valence-corrected chi connectivity index (χ2v) is 7.24. The van der Waals surface area contributed by atoms with E-state index in [1.807, 2.05) is 42.2 Å². The summed E-state index contributed by atoms with van der Waals surface area (Å²) >= 11 is 0. The van der Waals surface area contributed by atoms with Gasteiger partial charge in [-0.3, -0.25) is 14.5 Å². The molecule has 1 atom stereocenters. The third-order valence-corrected chi connectivity index (χ3v) is 5.68. The number of carbonyl (C=O) groups excluding carboxylic acids is 2. The van der Waals surface area contributed by atoms with Gasteiger partial charge in [0.2, 0.25) is 5.91 Å². The number of piperazine rings is 1. The van der Waals surface area contributed by atoms with Crippen LogP contribution in [0.1, 0.15) is 18.9 Å². The van der Waals surface area contributed by atoms with Crippen LogP contribution in [0.3, 0.4) is 0 Å². The van der Waals surface area contributed by atoms with Crippen LogP contribution in [-0.4, -0.2) is 48.9 Å². The van der Waals surface area contributed by atoms with Crippen LogP contribution in [0, 0.1) is 5.82 Å². The van der Waals surface area contributed by atoms with Gasteiger partial charge < -0.3 is 4.90 Å². The standard InChI is InChI=1S/C22H24FN3O2/c1-2-16-7-3-5-9-18(16)26-21(27)15-20(22(26)28)25-13-11-24(12-14-25)19-10-6-4-8-17(19)23/h3-10,20H,2,11-15H2,1H3/t20-/m1/s1. The molecular weight excluding hydrogens is 357 g/mol. The van der Waals surface area contributed by atoms with Crippen molar-refractivity contribution in [2.45, 2.75) is 25.8 Å². The lowest BCUT2D eigenvalue weighted by Gasteiger charge is -2.38. The molecule has 0 saturated carbocycles. The zero-order valence-electron chi connectivity index (χ0n) is 16.0. The molecule has 28 heavy (non-hydrogen) atoms. The molecular formula is C22H24FN3O2. The minimum atomic E-state index is -0.430. The maximum absolute atomic E-state index is 14.0. The highest BCUT2D eigenvalue weighted by Gasteiger charge is 2.43. The molecule has 0 unspecified atom stereocenters. The second-order valence-electron chi connectivity index (χ2n) is 7.24. The number of para-hydroxylation sites is 2. The monoisotopic (exact) mass is 381 g/mol. The fraction of sp³-hybridized carbons (Fsp3) is 0.364. The Hall–Kier alpha value is -2.73. The van der Waals surface area contributed by atoms with Crippen molar-refractivity contribution in [3.8, 4) is 0 Å². The lowest BCUT2D eigenvalue weighted by molar-refractivity contribution is -0.123. The summed E-state index contributed by atoms with van der Waals surface area (Å²) in [6.45, 7) is 4.53. The molecule has 2 aromatic carbocycles. The number of halogens is 1. The molecule has 0 N–H and O–H groups in total. The molecule has 2 heterocycles. The highest BCUT2D eigenvalue weighted by atomic mass is 19.1. The molecule has 2 aliphatic heterocycles. The highest BCUT2D eigenvalue weighted by molar-refractivity contribution is 6.22. The molecule has 0 aromatic heterocycles. The summed E-state index contributed by atoms with van der Waals surface area (Å²) in [5, 5.41) is 0. The zero-order chi connectivity index (χ0) is 19.7. The summed E-state index contributed by atoms with van der Waals surface area (Å²) in [4.78, 5) is 31.1. The normalized spacial score (nSPS) is 20.9. The molecule has 0 aliphatic carbocycles. The van der Waals surface area contributed by atoms with E-state index in [0.29, 0.717) is 37.6 Å². The number of imide groups is 1. The van der Waals surface area contributed by atoms with Crippen molar-refractivity contribution in [2.75, 3.05) is 36.0 Å². The molecule has 2 fully saturated rings. The van der Waals surface area contributed by atoms with Crippen molar-refractivity contribution in [1.82, 2.24) is 4.90 Å². The van der Waals surface area contributed by atoms with E-state index in [2.05, 4.69) is 4.90 Å². The van der Waals surface area contributed by atoms with Crippen LogP contribution < -0.4 is 9.80 Å². The van der Waals surface area contributed by atoms with Gasteiger partial charge in [-0.15, -0.1) is 0 Å². The van der Waals surface area contributed by atoms with E-state index in [9.17, 15) is 14.0 Å². The van der Waals surface area contributed by atoms with Crippen molar-refractivity contribution in [1.29, 1.82) is 0 Å². The minimum Gasteiger partial charge on any atom is -0.367 e. The Labute approximate surface area is 164 Å². The van der Waals surface area contributed by atoms with Crippen molar-refractivity contribution in [3.05, 3.63) is 59.9 Å². The first kappa shape index (κ1) is 18.6. The second kappa shape index (κ2) is 7.72. The number of anilines is 2. The Balaban J connectivity index is 1.47. The topological polar surface area (TPSA) is 43.9 Å². The first-order valence-corrected chi connectivity index (χ1v) is 9.78. The van der Waals surface area contributed by atoms with Gasteiger partial charge in [-0.2, -0.15) is 0 Å². The highest BCUT2D eigenvalue weighted by Crippen LogP contribution is 2.30. The first-order chi connectivity index (χ1) is 13.6. The van der Waals surface area contributed by atoms with Crippen LogP contribution in [0.5, 0.6) is 0 Å². The SMILES string of the molecule is CCc1ccccc1N1C(=O)C[C@@H](N2CCN(c3ccccc3F)CC2)C1=O. The zero-order valence-corrected chi connectivity index (χ0v) is 16.0. The van der Waals surface area contributed by atoms with E-state index in [1.165, 1.54) is 11.0 Å². The summed E-state index contributed by atoms with van der Waals surface area (Å²) in [6.07, 6.45) is 0.968. The Kier molecular flexibility index (Phi) is 5.13. The van der Waals surface area contributed by atoms with Crippen molar-refractivity contribution in [2.24, 2.45) is 0 Å². The van der Waals surface area contributed by atoms with E-state index in [-0.39, 0.29) is 24.1 Å². The van der Waals surface area contributed by atoms with Gasteiger partial charge in [-0.05, 0) is 30.2 Å². The molecule has 0 spiro atoms. The first-order valence-electron chi connectivity index (χ1n) is 9.78. The van der Waals surface area contributed by atoms with Gasteiger partial charge in [-0.25, -0.2) is 9.29 Å². The van der Waals surface area contributed by atoms with E-state index >= 15 is 0 Å². The van der Waals surface area contributed by atoms with Crippen molar-refractivity contribution in [3.63, 3.8) is 0 Å². The molecule has 146 valence electrons. The number of rotatable bonds is 4. The third kappa shape index (κ3) is 3.29. The molecule has 6 heteroatoms. The Morgan fingerprint density at radius 2 is 1.57 bits per heavy atom. The van der Waals surface area contributed by atoms with Crippen LogP contribution in [0.25, 0.3) is 0 Å². The molecule has 0 bridgehead atoms. The Morgan fingerprint density at radius 3 is 2.25 bits per heavy atom. The maximum Gasteiger partial charge on any atom is 0.251 e. The van der Waals surface area contributed by atoms with Gasteiger partial charge in [0, 0.05) is 26.2 Å². The van der Waals surface area contributed by atoms with Crippen LogP contribution in [0.4, 0.5) is 15.8 Å². The van der Waals surface area contributed by atoms with Crippen molar-refractivity contribution >= 4 is 23.2 Å². The molecule has 2 amide bonds. The molecule has 0 radical (unpaired) electrons. The van der Waals surface area contributed by atoms with Gasteiger partial charge in [0.25, 0.3) is 5.91 Å². The maximum atomic E-state index is 14.0. The molecule has 2 aromatic rings. The largest absolute Gasteiger partial charge is 0.367 e. The summed E-state index contributed by atoms with van der Waals surface area (Å²) in [5.74, 6) is -0.525. The summed E-state index contributed by atoms with van der Waals surface area (Å²) < 4.78 is 14.0. The van der Waals surface area contributed by atoms with Crippen LogP contribution in [0.15, 0.2) is 48.5 Å². The number of benzene rings is 2. The average molecular weight is 381 g/mol. The smallest absolute Gasteiger partial charge is 0.251 e. The van der Waals surface area contributed by atoms with Crippen LogP contribution in [-0.2, 0) is 16.0 Å². The van der Waals surface area contributed by atoms with Crippen LogP contribution in [0.2, 0.25) is 0 Å². The number of carbonyl (C=O) groups is 2.